The van der Waals surface area contributed by atoms with Gasteiger partial charge in [-0.2, -0.15) is 0 Å². The van der Waals surface area contributed by atoms with Crippen LogP contribution in [0.15, 0.2) is 12.2 Å². The zero-order chi connectivity index (χ0) is 30.1. The molecule has 0 aromatic rings. The van der Waals surface area contributed by atoms with Crippen LogP contribution in [-0.2, 0) is 23.5 Å². The van der Waals surface area contributed by atoms with Gasteiger partial charge in [-0.15, -0.1) is 0 Å². The summed E-state index contributed by atoms with van der Waals surface area (Å²) in [7, 11) is -2.23. The van der Waals surface area contributed by atoms with Crippen molar-refractivity contribution in [1.82, 2.24) is 15.5 Å². The molecule has 10 nitrogen and oxygen atoms in total. The van der Waals surface area contributed by atoms with Crippen molar-refractivity contribution < 1.29 is 33.4 Å². The number of hydrogen-bond donors (Lipinski definition) is 3. The fraction of sp³-hybridized carbons (Fsp3) is 0.793. The zero-order valence-corrected chi connectivity index (χ0v) is 26.5. The highest BCUT2D eigenvalue weighted by Crippen LogP contribution is 2.45. The highest BCUT2D eigenvalue weighted by atomic mass is 28.4. The van der Waals surface area contributed by atoms with Gasteiger partial charge in [-0.25, -0.2) is 9.59 Å². The predicted molar refractivity (Wildman–Crippen MR) is 154 cm³/mol. The number of hydrogen-bond acceptors (Lipinski definition) is 6. The van der Waals surface area contributed by atoms with Crippen molar-refractivity contribution >= 4 is 32.2 Å². The normalized spacial score (nSPS) is 31.1. The summed E-state index contributed by atoms with van der Waals surface area (Å²) in [4.78, 5) is 54.2. The molecule has 0 bridgehead atoms. The first-order chi connectivity index (χ1) is 18.4. The van der Waals surface area contributed by atoms with Crippen LogP contribution in [-0.4, -0.2) is 78.1 Å². The van der Waals surface area contributed by atoms with Gasteiger partial charge in [0.25, 0.3) is 0 Å². The van der Waals surface area contributed by atoms with Crippen molar-refractivity contribution in [2.45, 2.75) is 134 Å². The van der Waals surface area contributed by atoms with Crippen LogP contribution in [0, 0.1) is 5.92 Å². The molecule has 1 saturated carbocycles. The third-order valence-corrected chi connectivity index (χ3v) is 13.1. The third kappa shape index (κ3) is 7.66. The molecule has 11 heteroatoms. The van der Waals surface area contributed by atoms with E-state index in [-0.39, 0.29) is 35.9 Å². The van der Waals surface area contributed by atoms with E-state index >= 15 is 0 Å². The molecule has 1 unspecified atom stereocenters. The number of ether oxygens (including phenoxy) is 1. The smallest absolute Gasteiger partial charge is 0.408 e. The molecule has 0 radical (unpaired) electrons. The minimum Gasteiger partial charge on any atom is -0.479 e. The Bertz CT molecular complexity index is 1020. The molecule has 2 aliphatic heterocycles. The minimum absolute atomic E-state index is 0.0717. The molecule has 0 spiro atoms. The topological polar surface area (TPSA) is 134 Å². The Labute approximate surface area is 239 Å². The number of allylic oxidation sites excluding steroid dienone is 1. The maximum atomic E-state index is 14.0. The molecular weight excluding hydrogens is 530 g/mol. The molecule has 3 rings (SSSR count). The quantitative estimate of drug-likeness (QED) is 0.333. The van der Waals surface area contributed by atoms with E-state index in [2.05, 4.69) is 44.5 Å². The van der Waals surface area contributed by atoms with E-state index in [0.717, 1.165) is 19.3 Å². The first-order valence-corrected chi connectivity index (χ1v) is 17.5. The van der Waals surface area contributed by atoms with Crippen LogP contribution in [0.25, 0.3) is 0 Å². The van der Waals surface area contributed by atoms with Crippen LogP contribution in [0.4, 0.5) is 4.79 Å². The lowest BCUT2D eigenvalue weighted by atomic mass is 10.0. The molecule has 226 valence electrons. The van der Waals surface area contributed by atoms with E-state index in [9.17, 15) is 24.3 Å². The van der Waals surface area contributed by atoms with Crippen LogP contribution in [0.3, 0.4) is 0 Å². The van der Waals surface area contributed by atoms with Gasteiger partial charge in [0.05, 0.1) is 6.10 Å². The molecule has 2 heterocycles. The van der Waals surface area contributed by atoms with Gasteiger partial charge < -0.3 is 29.8 Å². The first-order valence-electron chi connectivity index (χ1n) is 14.6. The van der Waals surface area contributed by atoms with Crippen molar-refractivity contribution in [2.24, 2.45) is 5.92 Å². The Hall–Kier alpha value is -2.40. The van der Waals surface area contributed by atoms with Gasteiger partial charge in [-0.1, -0.05) is 45.8 Å². The summed E-state index contributed by atoms with van der Waals surface area (Å²) in [5, 5.41) is 15.5. The number of rotatable bonds is 4. The summed E-state index contributed by atoms with van der Waals surface area (Å²) < 4.78 is 12.1. The summed E-state index contributed by atoms with van der Waals surface area (Å²) in [6, 6.07) is -1.78. The molecular formula is C29H49N3O7Si. The van der Waals surface area contributed by atoms with E-state index < -0.39 is 49.5 Å². The Morgan fingerprint density at radius 3 is 2.40 bits per heavy atom. The Kier molecular flexibility index (Phi) is 9.50. The van der Waals surface area contributed by atoms with Gasteiger partial charge >= 0.3 is 12.1 Å². The predicted octanol–water partition coefficient (Wildman–Crippen LogP) is 4.35. The van der Waals surface area contributed by atoms with Crippen molar-refractivity contribution in [2.75, 3.05) is 6.54 Å². The Balaban J connectivity index is 1.93. The number of nitrogens with zero attached hydrogens (tertiary/aromatic N) is 1. The summed E-state index contributed by atoms with van der Waals surface area (Å²) in [6.07, 6.45) is 6.99. The second-order valence-corrected chi connectivity index (χ2v) is 18.8. The fourth-order valence-corrected chi connectivity index (χ4v) is 6.55. The Morgan fingerprint density at radius 1 is 1.12 bits per heavy atom. The number of carboxylic acids is 1. The van der Waals surface area contributed by atoms with Crippen molar-refractivity contribution in [1.29, 1.82) is 0 Å². The summed E-state index contributed by atoms with van der Waals surface area (Å²) in [5.74, 6) is -2.24. The third-order valence-electron chi connectivity index (χ3n) is 8.58. The lowest BCUT2D eigenvalue weighted by molar-refractivity contribution is -0.145. The number of carbonyl (C=O) groups is 4. The average Bonchev–Trinajstić information content (AvgIpc) is 3.33. The van der Waals surface area contributed by atoms with Crippen molar-refractivity contribution in [3.63, 3.8) is 0 Å². The standard InChI is InChI=1S/C29H49N3O7Si/c1-27(2,3)38-26(37)30-21-15-13-11-9-10-12-14-19-17-29(19,25(35)36)31-23(33)22-16-20(18-32(22)24(21)34)39-40(7,8)28(4,5)6/h12,14,19-22H,9-11,13,15-18H2,1-8H3,(H,30,37)(H,31,33)(H,35,36)/b14-12-/t19?,20-,21+,22+,29-/m1/s1. The number of amides is 3. The second-order valence-electron chi connectivity index (χ2n) is 14.1. The van der Waals surface area contributed by atoms with Gasteiger partial charge in [0.1, 0.15) is 23.2 Å². The van der Waals surface area contributed by atoms with Gasteiger partial charge in [-0.05, 0) is 64.6 Å². The highest BCUT2D eigenvalue weighted by Gasteiger charge is 2.61. The summed E-state index contributed by atoms with van der Waals surface area (Å²) in [5.41, 5.74) is -2.10. The summed E-state index contributed by atoms with van der Waals surface area (Å²) >= 11 is 0. The first kappa shape index (κ1) is 32.1. The van der Waals surface area contributed by atoms with E-state index in [1.165, 1.54) is 4.90 Å². The molecule has 5 atom stereocenters. The van der Waals surface area contributed by atoms with Gasteiger partial charge in [-0.3, -0.25) is 9.59 Å². The molecule has 3 aliphatic rings. The monoisotopic (exact) mass is 579 g/mol. The van der Waals surface area contributed by atoms with Crippen LogP contribution >= 0.6 is 0 Å². The van der Waals surface area contributed by atoms with Gasteiger partial charge in [0.2, 0.25) is 11.8 Å². The number of nitrogens with one attached hydrogen (secondary N) is 2. The van der Waals surface area contributed by atoms with Crippen LogP contribution in [0.2, 0.25) is 18.1 Å². The van der Waals surface area contributed by atoms with Crippen molar-refractivity contribution in [3.05, 3.63) is 12.2 Å². The second kappa shape index (κ2) is 11.8. The number of fused-ring (bicyclic) bond motifs is 2. The molecule has 40 heavy (non-hydrogen) atoms. The van der Waals surface area contributed by atoms with Crippen molar-refractivity contribution in [3.8, 4) is 0 Å². The fourth-order valence-electron chi connectivity index (χ4n) is 5.19. The Morgan fingerprint density at radius 2 is 1.80 bits per heavy atom. The minimum atomic E-state index is -2.23. The molecule has 0 aromatic heterocycles. The van der Waals surface area contributed by atoms with Gasteiger partial charge in [0.15, 0.2) is 8.32 Å². The molecule has 1 aliphatic carbocycles. The number of alkyl carbamates (subject to hydrolysis) is 1. The van der Waals surface area contributed by atoms with E-state index in [1.807, 2.05) is 12.2 Å². The number of carboxylic acid groups (broad SMARTS) is 1. The van der Waals surface area contributed by atoms with E-state index in [1.54, 1.807) is 20.8 Å². The molecule has 2 fully saturated rings. The maximum Gasteiger partial charge on any atom is 0.408 e. The summed E-state index contributed by atoms with van der Waals surface area (Å²) in [6.45, 7) is 16.1. The lowest BCUT2D eigenvalue weighted by Crippen LogP contribution is -2.56. The number of aliphatic carboxylic acids is 1. The molecule has 3 N–H and O–H groups in total. The maximum absolute atomic E-state index is 14.0. The molecule has 3 amide bonds. The highest BCUT2D eigenvalue weighted by molar-refractivity contribution is 6.74. The zero-order valence-electron chi connectivity index (χ0n) is 25.5. The lowest BCUT2D eigenvalue weighted by Gasteiger charge is -2.38. The number of carbonyl (C=O) groups excluding carboxylic acids is 3. The van der Waals surface area contributed by atoms with Crippen LogP contribution in [0.5, 0.6) is 0 Å². The van der Waals surface area contributed by atoms with E-state index in [4.69, 9.17) is 9.16 Å². The van der Waals surface area contributed by atoms with Crippen LogP contribution in [0.1, 0.15) is 86.5 Å². The average molecular weight is 580 g/mol. The molecule has 0 aromatic carbocycles. The SMILES string of the molecule is CC(C)(C)OC(=O)N[C@H]1CCCCC/C=C\C2C[C@@]2(C(=O)O)NC(=O)[C@@H]2C[C@@H](O[Si](C)(C)C(C)(C)C)CN2C1=O. The van der Waals surface area contributed by atoms with Crippen LogP contribution < -0.4 is 10.6 Å². The van der Waals surface area contributed by atoms with E-state index in [0.29, 0.717) is 19.3 Å². The molecule has 1 saturated heterocycles. The van der Waals surface area contributed by atoms with Gasteiger partial charge in [0, 0.05) is 18.9 Å². The largest absolute Gasteiger partial charge is 0.479 e.